The summed E-state index contributed by atoms with van der Waals surface area (Å²) in [5.41, 5.74) is 6.71. The molecule has 2 heteroatoms. The number of nitrogens with zero attached hydrogens (tertiary/aromatic N) is 1. The van der Waals surface area contributed by atoms with Crippen molar-refractivity contribution in [2.75, 3.05) is 6.54 Å². The van der Waals surface area contributed by atoms with Gasteiger partial charge in [0.15, 0.2) is 0 Å². The van der Waals surface area contributed by atoms with E-state index in [0.717, 1.165) is 19.4 Å². The number of nitrogens with two attached hydrogens (primary N) is 1. The van der Waals surface area contributed by atoms with E-state index in [-0.39, 0.29) is 5.54 Å². The molecule has 2 atom stereocenters. The fourth-order valence-electron chi connectivity index (χ4n) is 3.37. The Bertz CT molecular complexity index is 200. The molecule has 2 unspecified atom stereocenters. The molecule has 2 nitrogen and oxygen atoms in total. The summed E-state index contributed by atoms with van der Waals surface area (Å²) in [5.74, 6) is 0. The lowest BCUT2D eigenvalue weighted by Crippen LogP contribution is -2.64. The van der Waals surface area contributed by atoms with E-state index in [2.05, 4.69) is 39.5 Å². The van der Waals surface area contributed by atoms with Crippen molar-refractivity contribution in [3.8, 4) is 0 Å². The fourth-order valence-corrected chi connectivity index (χ4v) is 3.37. The van der Waals surface area contributed by atoms with Crippen molar-refractivity contribution in [2.24, 2.45) is 5.73 Å². The summed E-state index contributed by atoms with van der Waals surface area (Å²) in [5, 5.41) is 0. The van der Waals surface area contributed by atoms with Gasteiger partial charge in [-0.05, 0) is 46.6 Å². The number of hydrogen-bond acceptors (Lipinski definition) is 2. The van der Waals surface area contributed by atoms with Gasteiger partial charge in [0.25, 0.3) is 0 Å². The standard InChI is InChI=1S/C12H26N2/c1-6-12(5)9-10(13)8-11(3,4)14(12)7-2/h10H,6-9,13H2,1-5H3. The topological polar surface area (TPSA) is 29.3 Å². The van der Waals surface area contributed by atoms with Crippen LogP contribution in [0.5, 0.6) is 0 Å². The molecule has 1 saturated heterocycles. The predicted octanol–water partition coefficient (Wildman–Crippen LogP) is 2.38. The Balaban J connectivity index is 2.94. The zero-order valence-electron chi connectivity index (χ0n) is 10.4. The van der Waals surface area contributed by atoms with Gasteiger partial charge in [-0.1, -0.05) is 13.8 Å². The number of rotatable bonds is 2. The molecule has 0 radical (unpaired) electrons. The van der Waals surface area contributed by atoms with Gasteiger partial charge >= 0.3 is 0 Å². The van der Waals surface area contributed by atoms with Gasteiger partial charge in [-0.15, -0.1) is 0 Å². The van der Waals surface area contributed by atoms with Crippen molar-refractivity contribution >= 4 is 0 Å². The molecule has 1 aliphatic heterocycles. The Morgan fingerprint density at radius 3 is 2.21 bits per heavy atom. The van der Waals surface area contributed by atoms with Crippen LogP contribution in [0.3, 0.4) is 0 Å². The van der Waals surface area contributed by atoms with Crippen molar-refractivity contribution in [3.05, 3.63) is 0 Å². The van der Waals surface area contributed by atoms with Crippen molar-refractivity contribution in [3.63, 3.8) is 0 Å². The quantitative estimate of drug-likeness (QED) is 0.738. The third-order valence-corrected chi connectivity index (χ3v) is 3.92. The van der Waals surface area contributed by atoms with Gasteiger partial charge in [0.2, 0.25) is 0 Å². The minimum absolute atomic E-state index is 0.261. The molecule has 1 heterocycles. The second kappa shape index (κ2) is 3.82. The van der Waals surface area contributed by atoms with Crippen LogP contribution in [-0.2, 0) is 0 Å². The minimum atomic E-state index is 0.261. The minimum Gasteiger partial charge on any atom is -0.328 e. The van der Waals surface area contributed by atoms with Gasteiger partial charge in [-0.25, -0.2) is 0 Å². The van der Waals surface area contributed by atoms with Gasteiger partial charge in [0, 0.05) is 17.1 Å². The van der Waals surface area contributed by atoms with Crippen LogP contribution in [0, 0.1) is 0 Å². The Labute approximate surface area is 88.8 Å². The Hall–Kier alpha value is -0.0800. The van der Waals surface area contributed by atoms with Crippen molar-refractivity contribution in [1.82, 2.24) is 4.90 Å². The maximum atomic E-state index is 6.15. The molecule has 0 amide bonds. The lowest BCUT2D eigenvalue weighted by molar-refractivity contribution is -0.0425. The molecule has 14 heavy (non-hydrogen) atoms. The first kappa shape index (κ1) is 12.0. The smallest absolute Gasteiger partial charge is 0.0198 e. The zero-order valence-corrected chi connectivity index (χ0v) is 10.4. The van der Waals surface area contributed by atoms with E-state index in [4.69, 9.17) is 5.73 Å². The van der Waals surface area contributed by atoms with E-state index in [1.807, 2.05) is 0 Å². The number of hydrogen-bond donors (Lipinski definition) is 1. The summed E-state index contributed by atoms with van der Waals surface area (Å²) in [7, 11) is 0. The van der Waals surface area contributed by atoms with Crippen LogP contribution < -0.4 is 5.73 Å². The Kier molecular flexibility index (Phi) is 3.27. The second-order valence-electron chi connectivity index (χ2n) is 5.58. The highest BCUT2D eigenvalue weighted by atomic mass is 15.3. The molecule has 1 fully saturated rings. The highest BCUT2D eigenvalue weighted by molar-refractivity contribution is 5.02. The van der Waals surface area contributed by atoms with Gasteiger partial charge in [0.05, 0.1) is 0 Å². The van der Waals surface area contributed by atoms with E-state index < -0.39 is 0 Å². The molecule has 0 spiro atoms. The van der Waals surface area contributed by atoms with Crippen molar-refractivity contribution < 1.29 is 0 Å². The maximum Gasteiger partial charge on any atom is 0.0198 e. The Morgan fingerprint density at radius 1 is 1.21 bits per heavy atom. The molecule has 1 aliphatic rings. The van der Waals surface area contributed by atoms with Crippen molar-refractivity contribution in [2.45, 2.75) is 71.0 Å². The summed E-state index contributed by atoms with van der Waals surface area (Å²) in [6.07, 6.45) is 3.45. The zero-order chi connectivity index (χ0) is 11.0. The van der Waals surface area contributed by atoms with Crippen LogP contribution in [0.4, 0.5) is 0 Å². The highest BCUT2D eigenvalue weighted by Gasteiger charge is 2.44. The first-order valence-electron chi connectivity index (χ1n) is 5.89. The molecule has 0 bridgehead atoms. The van der Waals surface area contributed by atoms with Crippen LogP contribution in [0.25, 0.3) is 0 Å². The third-order valence-electron chi connectivity index (χ3n) is 3.92. The van der Waals surface area contributed by atoms with Gasteiger partial charge < -0.3 is 5.73 Å². The van der Waals surface area contributed by atoms with Crippen LogP contribution >= 0.6 is 0 Å². The van der Waals surface area contributed by atoms with Crippen LogP contribution in [0.15, 0.2) is 0 Å². The largest absolute Gasteiger partial charge is 0.328 e. The lowest BCUT2D eigenvalue weighted by atomic mass is 9.75. The molecular weight excluding hydrogens is 172 g/mol. The highest BCUT2D eigenvalue weighted by Crippen LogP contribution is 2.39. The van der Waals surface area contributed by atoms with E-state index in [0.29, 0.717) is 11.6 Å². The summed E-state index contributed by atoms with van der Waals surface area (Å²) in [6, 6.07) is 0.373. The normalized spacial score (nSPS) is 38.6. The summed E-state index contributed by atoms with van der Waals surface area (Å²) in [6.45, 7) is 12.7. The number of piperidine rings is 1. The molecular formula is C12H26N2. The van der Waals surface area contributed by atoms with Crippen molar-refractivity contribution in [1.29, 1.82) is 0 Å². The molecule has 2 N–H and O–H groups in total. The van der Waals surface area contributed by atoms with Crippen LogP contribution in [0.1, 0.15) is 53.9 Å². The van der Waals surface area contributed by atoms with E-state index in [1.165, 1.54) is 6.42 Å². The molecule has 1 rings (SSSR count). The molecule has 0 saturated carbocycles. The number of likely N-dealkylation sites (tertiary alicyclic amines) is 1. The van der Waals surface area contributed by atoms with E-state index in [9.17, 15) is 0 Å². The van der Waals surface area contributed by atoms with Crippen LogP contribution in [0.2, 0.25) is 0 Å². The first-order valence-corrected chi connectivity index (χ1v) is 5.89. The molecule has 0 aromatic heterocycles. The Morgan fingerprint density at radius 2 is 1.79 bits per heavy atom. The van der Waals surface area contributed by atoms with Gasteiger partial charge in [-0.2, -0.15) is 0 Å². The van der Waals surface area contributed by atoms with Gasteiger partial charge in [-0.3, -0.25) is 4.90 Å². The van der Waals surface area contributed by atoms with E-state index in [1.54, 1.807) is 0 Å². The summed E-state index contributed by atoms with van der Waals surface area (Å²) < 4.78 is 0. The summed E-state index contributed by atoms with van der Waals surface area (Å²) >= 11 is 0. The average molecular weight is 198 g/mol. The third kappa shape index (κ3) is 1.96. The maximum absolute atomic E-state index is 6.15. The molecule has 0 aromatic rings. The lowest BCUT2D eigenvalue weighted by Gasteiger charge is -2.55. The second-order valence-corrected chi connectivity index (χ2v) is 5.58. The molecule has 0 aliphatic carbocycles. The van der Waals surface area contributed by atoms with Crippen LogP contribution in [-0.4, -0.2) is 28.6 Å². The van der Waals surface area contributed by atoms with E-state index >= 15 is 0 Å². The fraction of sp³-hybridized carbons (Fsp3) is 1.00. The summed E-state index contributed by atoms with van der Waals surface area (Å²) in [4.78, 5) is 2.63. The average Bonchev–Trinajstić information content (AvgIpc) is 2.01. The monoisotopic (exact) mass is 198 g/mol. The first-order chi connectivity index (χ1) is 6.35. The SMILES string of the molecule is CCN1C(C)(C)CC(N)CC1(C)CC. The molecule has 84 valence electrons. The predicted molar refractivity (Wildman–Crippen MR) is 62.4 cm³/mol. The van der Waals surface area contributed by atoms with Gasteiger partial charge in [0.1, 0.15) is 0 Å². The molecule has 0 aromatic carbocycles.